The second kappa shape index (κ2) is 6.23. The van der Waals surface area contributed by atoms with E-state index in [-0.39, 0.29) is 5.91 Å². The van der Waals surface area contributed by atoms with E-state index in [4.69, 9.17) is 9.84 Å². The van der Waals surface area contributed by atoms with Crippen LogP contribution >= 0.6 is 0 Å². The number of anilines is 1. The van der Waals surface area contributed by atoms with Crippen molar-refractivity contribution in [3.63, 3.8) is 0 Å². The second-order valence-corrected chi connectivity index (χ2v) is 5.77. The molecule has 0 atom stereocenters. The molecule has 6 nitrogen and oxygen atoms in total. The molecule has 6 heteroatoms. The Labute approximate surface area is 139 Å². The van der Waals surface area contributed by atoms with Crippen LogP contribution in [0.3, 0.4) is 0 Å². The minimum Gasteiger partial charge on any atom is -0.497 e. The first kappa shape index (κ1) is 15.9. The summed E-state index contributed by atoms with van der Waals surface area (Å²) in [5.41, 5.74) is 3.78. The predicted molar refractivity (Wildman–Crippen MR) is 89.4 cm³/mol. The molecule has 0 bridgehead atoms. The molecule has 0 spiro atoms. The van der Waals surface area contributed by atoms with E-state index in [9.17, 15) is 9.59 Å². The van der Waals surface area contributed by atoms with Crippen molar-refractivity contribution in [2.75, 3.05) is 12.4 Å². The monoisotopic (exact) mass is 326 g/mol. The van der Waals surface area contributed by atoms with E-state index >= 15 is 0 Å². The number of ether oxygens (including phenoxy) is 1. The van der Waals surface area contributed by atoms with Crippen LogP contribution in [-0.2, 0) is 13.1 Å². The van der Waals surface area contributed by atoms with Crippen molar-refractivity contribution in [1.29, 1.82) is 0 Å². The van der Waals surface area contributed by atoms with Crippen LogP contribution in [0.2, 0.25) is 0 Å². The number of nitrogens with zero attached hydrogens (tertiary/aromatic N) is 1. The van der Waals surface area contributed by atoms with E-state index in [2.05, 4.69) is 5.32 Å². The van der Waals surface area contributed by atoms with Crippen LogP contribution in [0.15, 0.2) is 36.4 Å². The lowest BCUT2D eigenvalue weighted by Crippen LogP contribution is -2.23. The van der Waals surface area contributed by atoms with Crippen molar-refractivity contribution in [3.05, 3.63) is 58.7 Å². The van der Waals surface area contributed by atoms with Gasteiger partial charge in [0.25, 0.3) is 5.91 Å². The Morgan fingerprint density at radius 1 is 1.29 bits per heavy atom. The Morgan fingerprint density at radius 2 is 2.00 bits per heavy atom. The lowest BCUT2D eigenvalue weighted by Gasteiger charge is -2.16. The van der Waals surface area contributed by atoms with Gasteiger partial charge in [0, 0.05) is 24.3 Å². The van der Waals surface area contributed by atoms with Crippen LogP contribution in [0, 0.1) is 6.92 Å². The fraction of sp³-hybridized carbons (Fsp3) is 0.222. The van der Waals surface area contributed by atoms with Crippen molar-refractivity contribution in [3.8, 4) is 5.75 Å². The molecular formula is C18H18N2O4. The number of fused-ring (bicyclic) bond motifs is 1. The number of carboxylic acid groups (broad SMARTS) is 1. The highest BCUT2D eigenvalue weighted by molar-refractivity contribution is 6.00. The van der Waals surface area contributed by atoms with E-state index in [1.807, 2.05) is 31.2 Å². The molecule has 0 radical (unpaired) electrons. The molecule has 0 saturated carbocycles. The Morgan fingerprint density at radius 3 is 2.62 bits per heavy atom. The number of rotatable bonds is 4. The number of carbonyl (C=O) groups is 2. The topological polar surface area (TPSA) is 78.9 Å². The van der Waals surface area contributed by atoms with Gasteiger partial charge in [0.15, 0.2) is 0 Å². The first-order valence-electron chi connectivity index (χ1n) is 7.53. The molecule has 1 aliphatic rings. The quantitative estimate of drug-likeness (QED) is 0.904. The van der Waals surface area contributed by atoms with Gasteiger partial charge in [0.2, 0.25) is 0 Å². The van der Waals surface area contributed by atoms with Gasteiger partial charge in [-0.25, -0.2) is 4.79 Å². The van der Waals surface area contributed by atoms with Crippen molar-refractivity contribution in [2.45, 2.75) is 20.0 Å². The van der Waals surface area contributed by atoms with Gasteiger partial charge >= 0.3 is 6.09 Å². The maximum atomic E-state index is 12.6. The first-order valence-corrected chi connectivity index (χ1v) is 7.53. The molecule has 0 aromatic heterocycles. The minimum absolute atomic E-state index is 0.0276. The minimum atomic E-state index is -1.12. The summed E-state index contributed by atoms with van der Waals surface area (Å²) in [7, 11) is 1.61. The fourth-order valence-electron chi connectivity index (χ4n) is 3.00. The fourth-order valence-corrected chi connectivity index (χ4v) is 3.00. The summed E-state index contributed by atoms with van der Waals surface area (Å²) in [5, 5.41) is 11.2. The Hall–Kier alpha value is -3.02. The molecule has 3 rings (SSSR count). The molecule has 0 fully saturated rings. The molecule has 1 aliphatic heterocycles. The maximum Gasteiger partial charge on any atom is 0.409 e. The number of hydrogen-bond acceptors (Lipinski definition) is 3. The number of benzene rings is 2. The van der Waals surface area contributed by atoms with Gasteiger partial charge in [-0.2, -0.15) is 0 Å². The van der Waals surface area contributed by atoms with Crippen molar-refractivity contribution in [2.24, 2.45) is 0 Å². The maximum absolute atomic E-state index is 12.6. The number of hydrogen-bond donors (Lipinski definition) is 2. The number of nitrogens with one attached hydrogen (secondary N) is 1. The predicted octanol–water partition coefficient (Wildman–Crippen LogP) is 3.25. The number of carbonyl (C=O) groups excluding carboxylic acids is 1. The standard InChI is InChI=1S/C18H18N2O4/c1-11-7-14(19-18(22)23)8-13-10-20(17(21)16(11)13)9-12-3-5-15(24-2)6-4-12/h3-8,19H,9-10H2,1-2H3,(H,22,23). The average molecular weight is 326 g/mol. The molecule has 0 saturated heterocycles. The third-order valence-electron chi connectivity index (χ3n) is 4.06. The summed E-state index contributed by atoms with van der Waals surface area (Å²) in [4.78, 5) is 25.2. The van der Waals surface area contributed by atoms with Crippen LogP contribution in [0.1, 0.15) is 27.0 Å². The zero-order valence-electron chi connectivity index (χ0n) is 13.5. The summed E-state index contributed by atoms with van der Waals surface area (Å²) >= 11 is 0. The number of aryl methyl sites for hydroxylation is 1. The summed E-state index contributed by atoms with van der Waals surface area (Å²) in [5.74, 6) is 0.746. The number of methoxy groups -OCH3 is 1. The lowest BCUT2D eigenvalue weighted by molar-refractivity contribution is 0.0766. The summed E-state index contributed by atoms with van der Waals surface area (Å²) in [6.07, 6.45) is -1.12. The van der Waals surface area contributed by atoms with Gasteiger partial charge in [-0.1, -0.05) is 12.1 Å². The largest absolute Gasteiger partial charge is 0.497 e. The van der Waals surface area contributed by atoms with Crippen molar-refractivity contribution < 1.29 is 19.4 Å². The van der Waals surface area contributed by atoms with E-state index in [1.165, 1.54) is 0 Å². The Balaban J connectivity index is 1.81. The molecule has 2 amide bonds. The van der Waals surface area contributed by atoms with Gasteiger partial charge in [0.1, 0.15) is 5.75 Å². The molecule has 2 aromatic rings. The molecule has 2 aromatic carbocycles. The van der Waals surface area contributed by atoms with Crippen LogP contribution in [-0.4, -0.2) is 29.1 Å². The van der Waals surface area contributed by atoms with Crippen molar-refractivity contribution in [1.82, 2.24) is 4.90 Å². The average Bonchev–Trinajstić information content (AvgIpc) is 2.84. The molecule has 2 N–H and O–H groups in total. The highest BCUT2D eigenvalue weighted by Crippen LogP contribution is 2.30. The lowest BCUT2D eigenvalue weighted by atomic mass is 10.0. The van der Waals surface area contributed by atoms with E-state index in [0.717, 1.165) is 22.4 Å². The van der Waals surface area contributed by atoms with E-state index in [1.54, 1.807) is 24.1 Å². The van der Waals surface area contributed by atoms with Gasteiger partial charge in [0.05, 0.1) is 7.11 Å². The molecular weight excluding hydrogens is 308 g/mol. The summed E-state index contributed by atoms with van der Waals surface area (Å²) < 4.78 is 5.14. The SMILES string of the molecule is COc1ccc(CN2Cc3cc(NC(=O)O)cc(C)c3C2=O)cc1. The van der Waals surface area contributed by atoms with Crippen LogP contribution < -0.4 is 10.1 Å². The van der Waals surface area contributed by atoms with Gasteiger partial charge in [-0.15, -0.1) is 0 Å². The zero-order valence-corrected chi connectivity index (χ0v) is 13.5. The Kier molecular flexibility index (Phi) is 4.12. The van der Waals surface area contributed by atoms with Crippen LogP contribution in [0.25, 0.3) is 0 Å². The second-order valence-electron chi connectivity index (χ2n) is 5.77. The summed E-state index contributed by atoms with van der Waals surface area (Å²) in [6, 6.07) is 11.0. The molecule has 0 aliphatic carbocycles. The molecule has 24 heavy (non-hydrogen) atoms. The van der Waals surface area contributed by atoms with Gasteiger partial charge < -0.3 is 14.7 Å². The van der Waals surface area contributed by atoms with Gasteiger partial charge in [-0.3, -0.25) is 10.1 Å². The molecule has 1 heterocycles. The highest BCUT2D eigenvalue weighted by Gasteiger charge is 2.29. The zero-order chi connectivity index (χ0) is 17.3. The van der Waals surface area contributed by atoms with E-state index < -0.39 is 6.09 Å². The summed E-state index contributed by atoms with van der Waals surface area (Å²) in [6.45, 7) is 2.79. The highest BCUT2D eigenvalue weighted by atomic mass is 16.5. The smallest absolute Gasteiger partial charge is 0.409 e. The first-order chi connectivity index (χ1) is 11.5. The third-order valence-corrected chi connectivity index (χ3v) is 4.06. The van der Waals surface area contributed by atoms with Crippen LogP contribution in [0.5, 0.6) is 5.75 Å². The van der Waals surface area contributed by atoms with E-state index in [0.29, 0.717) is 24.3 Å². The third kappa shape index (κ3) is 3.03. The molecule has 124 valence electrons. The molecule has 0 unspecified atom stereocenters. The van der Waals surface area contributed by atoms with Crippen molar-refractivity contribution >= 4 is 17.7 Å². The number of amides is 2. The van der Waals surface area contributed by atoms with Crippen LogP contribution in [0.4, 0.5) is 10.5 Å². The Bertz CT molecular complexity index is 799. The van der Waals surface area contributed by atoms with Gasteiger partial charge in [-0.05, 0) is 47.9 Å². The normalized spacial score (nSPS) is 12.9.